The van der Waals surface area contributed by atoms with E-state index >= 15 is 0 Å². The van der Waals surface area contributed by atoms with Crippen molar-refractivity contribution in [3.05, 3.63) is 0 Å². The summed E-state index contributed by atoms with van der Waals surface area (Å²) in [7, 11) is 0. The Balaban J connectivity index is 2.84. The molecule has 0 radical (unpaired) electrons. The summed E-state index contributed by atoms with van der Waals surface area (Å²) in [5.41, 5.74) is 6.49. The maximum atomic E-state index is 6.06. The number of nitrogens with zero attached hydrogens (tertiary/aromatic N) is 1. The molecule has 2 N–H and O–H groups in total. The van der Waals surface area contributed by atoms with Crippen LogP contribution in [0.25, 0.3) is 0 Å². The molecule has 1 aliphatic rings. The molecule has 2 nitrogen and oxygen atoms in total. The van der Waals surface area contributed by atoms with Crippen molar-refractivity contribution in [1.82, 2.24) is 4.90 Å². The van der Waals surface area contributed by atoms with Crippen molar-refractivity contribution in [2.75, 3.05) is 13.1 Å². The summed E-state index contributed by atoms with van der Waals surface area (Å²) in [6.45, 7) is 16.2. The Morgan fingerprint density at radius 2 is 1.84 bits per heavy atom. The topological polar surface area (TPSA) is 29.3 Å². The zero-order valence-electron chi connectivity index (χ0n) is 14.1. The second kappa shape index (κ2) is 7.08. The molecule has 2 heteroatoms. The lowest BCUT2D eigenvalue weighted by atomic mass is 9.67. The molecule has 0 aromatic rings. The van der Waals surface area contributed by atoms with E-state index in [9.17, 15) is 0 Å². The summed E-state index contributed by atoms with van der Waals surface area (Å²) < 4.78 is 0. The normalized spacial score (nSPS) is 30.6. The highest BCUT2D eigenvalue weighted by atomic mass is 15.2. The predicted molar refractivity (Wildman–Crippen MR) is 85.3 cm³/mol. The molecule has 0 aromatic heterocycles. The molecule has 0 amide bonds. The molecule has 0 aromatic carbocycles. The first kappa shape index (κ1) is 17.0. The Morgan fingerprint density at radius 1 is 1.21 bits per heavy atom. The third-order valence-electron chi connectivity index (χ3n) is 5.43. The first-order chi connectivity index (χ1) is 8.85. The minimum absolute atomic E-state index is 0.437. The van der Waals surface area contributed by atoms with E-state index in [1.807, 2.05) is 0 Å². The molecule has 0 heterocycles. The average Bonchev–Trinajstić information content (AvgIpc) is 2.38. The van der Waals surface area contributed by atoms with Crippen LogP contribution >= 0.6 is 0 Å². The van der Waals surface area contributed by atoms with Gasteiger partial charge in [0, 0.05) is 12.1 Å². The molecular weight excluding hydrogens is 232 g/mol. The van der Waals surface area contributed by atoms with Crippen molar-refractivity contribution in [2.45, 2.75) is 79.3 Å². The monoisotopic (exact) mass is 268 g/mol. The van der Waals surface area contributed by atoms with Crippen molar-refractivity contribution < 1.29 is 0 Å². The molecule has 0 bridgehead atoms. The van der Waals surface area contributed by atoms with Gasteiger partial charge in [0.1, 0.15) is 0 Å². The second-order valence-corrected chi connectivity index (χ2v) is 7.53. The molecule has 1 rings (SSSR count). The molecule has 4 atom stereocenters. The molecular formula is C17H36N2. The van der Waals surface area contributed by atoms with Gasteiger partial charge in [-0.2, -0.15) is 0 Å². The summed E-state index contributed by atoms with van der Waals surface area (Å²) in [6, 6.07) is 1.38. The summed E-state index contributed by atoms with van der Waals surface area (Å²) in [4.78, 5) is 2.72. The number of hydrogen-bond donors (Lipinski definition) is 1. The van der Waals surface area contributed by atoms with Crippen LogP contribution in [0.3, 0.4) is 0 Å². The fourth-order valence-corrected chi connectivity index (χ4v) is 3.78. The van der Waals surface area contributed by atoms with Crippen LogP contribution in [0.2, 0.25) is 0 Å². The van der Waals surface area contributed by atoms with E-state index in [2.05, 4.69) is 46.4 Å². The van der Waals surface area contributed by atoms with Gasteiger partial charge in [0.2, 0.25) is 0 Å². The van der Waals surface area contributed by atoms with Crippen LogP contribution in [0.15, 0.2) is 0 Å². The highest BCUT2D eigenvalue weighted by Crippen LogP contribution is 2.41. The van der Waals surface area contributed by atoms with Crippen molar-refractivity contribution in [3.8, 4) is 0 Å². The van der Waals surface area contributed by atoms with Gasteiger partial charge in [-0.15, -0.1) is 0 Å². The molecule has 4 unspecified atom stereocenters. The maximum absolute atomic E-state index is 6.06. The van der Waals surface area contributed by atoms with E-state index in [0.29, 0.717) is 23.4 Å². The molecule has 114 valence electrons. The van der Waals surface area contributed by atoms with E-state index in [4.69, 9.17) is 5.73 Å². The van der Waals surface area contributed by atoms with Crippen molar-refractivity contribution in [2.24, 2.45) is 23.0 Å². The van der Waals surface area contributed by atoms with Crippen molar-refractivity contribution in [1.29, 1.82) is 0 Å². The van der Waals surface area contributed by atoms with Gasteiger partial charge in [-0.25, -0.2) is 0 Å². The smallest absolute Gasteiger partial charge is 0.0141 e. The predicted octanol–water partition coefficient (Wildman–Crippen LogP) is 3.90. The lowest BCUT2D eigenvalue weighted by molar-refractivity contribution is 0.0264. The number of rotatable bonds is 5. The van der Waals surface area contributed by atoms with E-state index in [1.165, 1.54) is 25.7 Å². The average molecular weight is 268 g/mol. The zero-order chi connectivity index (χ0) is 14.6. The molecule has 1 fully saturated rings. The van der Waals surface area contributed by atoms with Gasteiger partial charge >= 0.3 is 0 Å². The number of hydrogen-bond acceptors (Lipinski definition) is 2. The standard InChI is InChI=1S/C17H36N2/c1-7-13(3)19(8-2)16-11-15(17(4,5)6)10-9-14(16)12-18/h13-16H,7-12,18H2,1-6H3. The van der Waals surface area contributed by atoms with Crippen LogP contribution in [0.5, 0.6) is 0 Å². The SMILES string of the molecule is CCC(C)N(CC)C1CC(C(C)(C)C)CCC1CN. The van der Waals surface area contributed by atoms with Gasteiger partial charge in [-0.05, 0) is 62.9 Å². The quantitative estimate of drug-likeness (QED) is 0.819. The van der Waals surface area contributed by atoms with Crippen LogP contribution < -0.4 is 5.73 Å². The third kappa shape index (κ3) is 4.19. The van der Waals surface area contributed by atoms with Crippen molar-refractivity contribution in [3.63, 3.8) is 0 Å². The van der Waals surface area contributed by atoms with Gasteiger partial charge in [0.05, 0.1) is 0 Å². The molecule has 0 saturated heterocycles. The summed E-state index contributed by atoms with van der Waals surface area (Å²) in [6.07, 6.45) is 5.25. The minimum Gasteiger partial charge on any atom is -0.330 e. The molecule has 1 aliphatic carbocycles. The lowest BCUT2D eigenvalue weighted by Gasteiger charge is -2.47. The van der Waals surface area contributed by atoms with Gasteiger partial charge in [0.25, 0.3) is 0 Å². The Kier molecular flexibility index (Phi) is 6.32. The van der Waals surface area contributed by atoms with Gasteiger partial charge < -0.3 is 5.73 Å². The van der Waals surface area contributed by atoms with Crippen molar-refractivity contribution >= 4 is 0 Å². The first-order valence-electron chi connectivity index (χ1n) is 8.30. The van der Waals surface area contributed by atoms with Crippen LogP contribution in [0.1, 0.15) is 67.2 Å². The fraction of sp³-hybridized carbons (Fsp3) is 1.00. The highest BCUT2D eigenvalue weighted by molar-refractivity contribution is 4.92. The minimum atomic E-state index is 0.437. The van der Waals surface area contributed by atoms with E-state index in [1.54, 1.807) is 0 Å². The zero-order valence-corrected chi connectivity index (χ0v) is 14.1. The molecule has 0 spiro atoms. The van der Waals surface area contributed by atoms with Gasteiger partial charge in [-0.3, -0.25) is 4.90 Å². The lowest BCUT2D eigenvalue weighted by Crippen LogP contribution is -2.51. The summed E-state index contributed by atoms with van der Waals surface area (Å²) in [5.74, 6) is 1.55. The Bertz CT molecular complexity index is 256. The van der Waals surface area contributed by atoms with Crippen LogP contribution in [-0.4, -0.2) is 30.1 Å². The molecule has 0 aliphatic heterocycles. The Hall–Kier alpha value is -0.0800. The summed E-state index contributed by atoms with van der Waals surface area (Å²) in [5, 5.41) is 0. The highest BCUT2D eigenvalue weighted by Gasteiger charge is 2.38. The van der Waals surface area contributed by atoms with Gasteiger partial charge in [-0.1, -0.05) is 34.6 Å². The Labute approximate surface area is 121 Å². The summed E-state index contributed by atoms with van der Waals surface area (Å²) >= 11 is 0. The second-order valence-electron chi connectivity index (χ2n) is 7.53. The van der Waals surface area contributed by atoms with E-state index < -0.39 is 0 Å². The Morgan fingerprint density at radius 3 is 2.26 bits per heavy atom. The first-order valence-corrected chi connectivity index (χ1v) is 8.30. The van der Waals surface area contributed by atoms with E-state index in [0.717, 1.165) is 19.0 Å². The fourth-order valence-electron chi connectivity index (χ4n) is 3.78. The van der Waals surface area contributed by atoms with Crippen LogP contribution in [0.4, 0.5) is 0 Å². The largest absolute Gasteiger partial charge is 0.330 e. The van der Waals surface area contributed by atoms with E-state index in [-0.39, 0.29) is 0 Å². The van der Waals surface area contributed by atoms with Gasteiger partial charge in [0.15, 0.2) is 0 Å². The molecule has 19 heavy (non-hydrogen) atoms. The maximum Gasteiger partial charge on any atom is 0.0141 e. The molecule has 1 saturated carbocycles. The van der Waals surface area contributed by atoms with Crippen LogP contribution in [0, 0.1) is 17.3 Å². The third-order valence-corrected chi connectivity index (χ3v) is 5.43. The number of nitrogens with two attached hydrogens (primary N) is 1. The van der Waals surface area contributed by atoms with Crippen LogP contribution in [-0.2, 0) is 0 Å².